The lowest BCUT2D eigenvalue weighted by molar-refractivity contribution is 0.262. The zero-order valence-electron chi connectivity index (χ0n) is 18.2. The molecule has 0 N–H and O–H groups in total. The molecular formula is C23H33N3OSi. The van der Waals surface area contributed by atoms with Crippen LogP contribution >= 0.6 is 0 Å². The average molecular weight is 396 g/mol. The molecule has 2 aromatic heterocycles. The predicted molar refractivity (Wildman–Crippen MR) is 120 cm³/mol. The van der Waals surface area contributed by atoms with Gasteiger partial charge in [-0.2, -0.15) is 0 Å². The van der Waals surface area contributed by atoms with Crippen LogP contribution in [0.1, 0.15) is 47.2 Å². The van der Waals surface area contributed by atoms with Crippen LogP contribution in [0.25, 0.3) is 22.2 Å². The van der Waals surface area contributed by atoms with Gasteiger partial charge in [0.25, 0.3) is 0 Å². The summed E-state index contributed by atoms with van der Waals surface area (Å²) in [5.41, 5.74) is 7.08. The highest BCUT2D eigenvalue weighted by molar-refractivity contribution is 6.77. The Bertz CT molecular complexity index is 907. The lowest BCUT2D eigenvalue weighted by atomic mass is 10.1. The van der Waals surface area contributed by atoms with Gasteiger partial charge in [-0.1, -0.05) is 59.7 Å². The Kier molecular flexibility index (Phi) is 6.06. The number of hydrogen-bond donors (Lipinski definition) is 0. The Hall–Kier alpha value is -1.98. The van der Waals surface area contributed by atoms with Gasteiger partial charge in [0.1, 0.15) is 0 Å². The van der Waals surface area contributed by atoms with Gasteiger partial charge in [0, 0.05) is 24.4 Å². The van der Waals surface area contributed by atoms with Crippen molar-refractivity contribution in [3.63, 3.8) is 0 Å². The highest BCUT2D eigenvalue weighted by Gasteiger charge is 2.45. The molecule has 5 heteroatoms. The van der Waals surface area contributed by atoms with Crippen LogP contribution in [0.3, 0.4) is 0 Å². The second-order valence-electron chi connectivity index (χ2n) is 8.67. The van der Waals surface area contributed by atoms with Crippen molar-refractivity contribution in [3.8, 4) is 11.1 Å². The largest absolute Gasteiger partial charge is 0.410 e. The first-order chi connectivity index (χ1) is 13.3. The minimum atomic E-state index is -1.87. The monoisotopic (exact) mass is 395 g/mol. The van der Waals surface area contributed by atoms with Gasteiger partial charge in [0.05, 0.1) is 29.7 Å². The van der Waals surface area contributed by atoms with Crippen molar-refractivity contribution in [1.82, 2.24) is 14.5 Å². The predicted octanol–water partition coefficient (Wildman–Crippen LogP) is 6.33. The molecule has 1 aromatic carbocycles. The summed E-state index contributed by atoms with van der Waals surface area (Å²) in [4.78, 5) is 9.27. The van der Waals surface area contributed by atoms with Crippen LogP contribution in [-0.4, -0.2) is 22.9 Å². The Morgan fingerprint density at radius 1 is 0.929 bits per heavy atom. The summed E-state index contributed by atoms with van der Waals surface area (Å²) in [6.45, 7) is 14.5. The number of para-hydroxylation sites is 1. The van der Waals surface area contributed by atoms with Crippen molar-refractivity contribution in [1.29, 1.82) is 0 Å². The third kappa shape index (κ3) is 3.65. The fourth-order valence-corrected chi connectivity index (χ4v) is 10.2. The van der Waals surface area contributed by atoms with E-state index in [2.05, 4.69) is 76.9 Å². The molecule has 3 rings (SSSR count). The molecule has 2 heterocycles. The van der Waals surface area contributed by atoms with Crippen LogP contribution in [0, 0.1) is 0 Å². The highest BCUT2D eigenvalue weighted by atomic mass is 28.4. The van der Waals surface area contributed by atoms with Gasteiger partial charge in [-0.3, -0.25) is 4.98 Å². The third-order valence-corrected chi connectivity index (χ3v) is 12.1. The molecule has 150 valence electrons. The number of nitrogens with zero attached hydrogens (tertiary/aromatic N) is 3. The smallest absolute Gasteiger partial charge is 0.200 e. The molecule has 0 saturated heterocycles. The molecule has 28 heavy (non-hydrogen) atoms. The summed E-state index contributed by atoms with van der Waals surface area (Å²) in [6, 6.07) is 10.5. The van der Waals surface area contributed by atoms with Gasteiger partial charge in [0.15, 0.2) is 0 Å². The molecule has 0 spiro atoms. The van der Waals surface area contributed by atoms with Crippen molar-refractivity contribution in [2.75, 3.05) is 0 Å². The van der Waals surface area contributed by atoms with E-state index < -0.39 is 8.32 Å². The molecule has 0 aliphatic rings. The maximum absolute atomic E-state index is 6.68. The normalized spacial score (nSPS) is 12.6. The molecule has 0 aliphatic heterocycles. The fourth-order valence-electron chi connectivity index (χ4n) is 4.76. The van der Waals surface area contributed by atoms with Gasteiger partial charge in [-0.05, 0) is 28.8 Å². The molecule has 0 unspecified atom stereocenters. The molecule has 3 aromatic rings. The lowest BCUT2D eigenvalue weighted by Gasteiger charge is -2.42. The quantitative estimate of drug-likeness (QED) is 0.439. The van der Waals surface area contributed by atoms with Gasteiger partial charge in [0.2, 0.25) is 8.32 Å². The van der Waals surface area contributed by atoms with Gasteiger partial charge < -0.3 is 8.99 Å². The van der Waals surface area contributed by atoms with Crippen molar-refractivity contribution in [3.05, 3.63) is 48.5 Å². The minimum absolute atomic E-state index is 0.577. The van der Waals surface area contributed by atoms with Crippen LogP contribution in [0.4, 0.5) is 0 Å². The van der Waals surface area contributed by atoms with Crippen molar-refractivity contribution >= 4 is 19.4 Å². The molecular weight excluding hydrogens is 362 g/mol. The zero-order chi connectivity index (χ0) is 20.5. The molecule has 0 amide bonds. The van der Waals surface area contributed by atoms with Gasteiger partial charge in [-0.25, -0.2) is 4.98 Å². The Labute approximate surface area is 170 Å². The topological polar surface area (TPSA) is 39.9 Å². The maximum atomic E-state index is 6.68. The van der Waals surface area contributed by atoms with Crippen LogP contribution in [-0.2, 0) is 18.1 Å². The molecule has 0 aliphatic carbocycles. The third-order valence-electron chi connectivity index (χ3n) is 6.07. The van der Waals surface area contributed by atoms with Crippen molar-refractivity contribution in [2.24, 2.45) is 7.05 Å². The summed E-state index contributed by atoms with van der Waals surface area (Å²) in [6.07, 6.45) is 3.81. The number of aromatic nitrogens is 3. The number of hydrogen-bond acceptors (Lipinski definition) is 3. The van der Waals surface area contributed by atoms with E-state index in [1.165, 1.54) is 0 Å². The van der Waals surface area contributed by atoms with E-state index >= 15 is 0 Å². The van der Waals surface area contributed by atoms with Crippen LogP contribution < -0.4 is 0 Å². The number of benzene rings is 1. The van der Waals surface area contributed by atoms with Crippen LogP contribution in [0.15, 0.2) is 42.9 Å². The standard InChI is InChI=1S/C23H33N3OSi/c1-16(2)28(17(3)4,18(5)6)27-14-20-12-11-19(13-24-20)21-9-8-10-22-23(21)25-15-26(22)7/h8-13,15-18H,14H2,1-7H3. The number of pyridine rings is 1. The minimum Gasteiger partial charge on any atom is -0.410 e. The summed E-state index contributed by atoms with van der Waals surface area (Å²) in [5, 5.41) is 0. The second-order valence-corrected chi connectivity index (χ2v) is 14.1. The van der Waals surface area contributed by atoms with Crippen molar-refractivity contribution < 1.29 is 4.43 Å². The summed E-state index contributed by atoms with van der Waals surface area (Å²) in [7, 11) is 0.146. The SMILES string of the molecule is CC(C)[Si](OCc1ccc(-c2cccc3c2ncn3C)cn1)(C(C)C)C(C)C. The summed E-state index contributed by atoms with van der Waals surface area (Å²) in [5.74, 6) is 0. The first kappa shape index (κ1) is 20.7. The Morgan fingerprint density at radius 3 is 2.18 bits per heavy atom. The Morgan fingerprint density at radius 2 is 1.61 bits per heavy atom. The first-order valence-electron chi connectivity index (χ1n) is 10.3. The lowest BCUT2D eigenvalue weighted by Crippen LogP contribution is -2.47. The first-order valence-corrected chi connectivity index (χ1v) is 12.4. The molecule has 0 saturated carbocycles. The highest BCUT2D eigenvalue weighted by Crippen LogP contribution is 2.42. The number of fused-ring (bicyclic) bond motifs is 1. The van der Waals surface area contributed by atoms with E-state index in [4.69, 9.17) is 9.41 Å². The maximum Gasteiger partial charge on any atom is 0.200 e. The number of imidazole rings is 1. The molecule has 0 bridgehead atoms. The van der Waals surface area contributed by atoms with E-state index in [1.54, 1.807) is 0 Å². The van der Waals surface area contributed by atoms with Crippen molar-refractivity contribution in [2.45, 2.75) is 64.8 Å². The number of rotatable bonds is 7. The van der Waals surface area contributed by atoms with Crippen LogP contribution in [0.2, 0.25) is 16.6 Å². The number of aryl methyl sites for hydroxylation is 1. The summed E-state index contributed by atoms with van der Waals surface area (Å²) < 4.78 is 8.72. The van der Waals surface area contributed by atoms with E-state index in [0.717, 1.165) is 27.9 Å². The van der Waals surface area contributed by atoms with E-state index in [1.807, 2.05) is 24.1 Å². The molecule has 0 atom stereocenters. The van der Waals surface area contributed by atoms with E-state index in [-0.39, 0.29) is 0 Å². The fraction of sp³-hybridized carbons (Fsp3) is 0.478. The van der Waals surface area contributed by atoms with Crippen LogP contribution in [0.5, 0.6) is 0 Å². The second kappa shape index (κ2) is 8.17. The molecule has 0 fully saturated rings. The van der Waals surface area contributed by atoms with E-state index in [0.29, 0.717) is 23.2 Å². The van der Waals surface area contributed by atoms with E-state index in [9.17, 15) is 0 Å². The molecule has 4 nitrogen and oxygen atoms in total. The van der Waals surface area contributed by atoms with Gasteiger partial charge >= 0.3 is 0 Å². The average Bonchev–Trinajstić information content (AvgIpc) is 3.03. The van der Waals surface area contributed by atoms with Gasteiger partial charge in [-0.15, -0.1) is 0 Å². The summed E-state index contributed by atoms with van der Waals surface area (Å²) >= 11 is 0. The Balaban J connectivity index is 1.83. The molecule has 0 radical (unpaired) electrons. The zero-order valence-corrected chi connectivity index (χ0v) is 19.2.